The summed E-state index contributed by atoms with van der Waals surface area (Å²) in [7, 11) is 0. The third-order valence-corrected chi connectivity index (χ3v) is 1.48. The highest BCUT2D eigenvalue weighted by Crippen LogP contribution is 1.99. The molecule has 7 nitrogen and oxygen atoms in total. The van der Waals surface area contributed by atoms with Crippen LogP contribution in [0.4, 0.5) is 14.7 Å². The van der Waals surface area contributed by atoms with E-state index < -0.39 is 25.0 Å². The number of carbonyl (C=O) groups excluding carboxylic acids is 1. The second kappa shape index (κ2) is 4.64. The van der Waals surface area contributed by atoms with Crippen LogP contribution in [0.3, 0.4) is 0 Å². The highest BCUT2D eigenvalue weighted by atomic mass is 19.3. The number of aliphatic hydroxyl groups excluding tert-OH is 1. The molecule has 15 heavy (non-hydrogen) atoms. The molecule has 0 aliphatic carbocycles. The molecule has 0 radical (unpaired) electrons. The van der Waals surface area contributed by atoms with E-state index in [0.29, 0.717) is 0 Å². The number of anilines is 1. The largest absolute Gasteiger partial charge is 0.385 e. The molecule has 0 saturated carbocycles. The monoisotopic (exact) mass is 221 g/mol. The number of halogens is 2. The van der Waals surface area contributed by atoms with E-state index in [4.69, 9.17) is 10.8 Å². The molecule has 0 bridgehead atoms. The SMILES string of the molecule is Nc1n[nH]c(C(=O)NCC(O)C(F)F)n1. The number of nitrogens with two attached hydrogens (primary N) is 1. The van der Waals surface area contributed by atoms with E-state index in [9.17, 15) is 13.6 Å². The number of aromatic amines is 1. The van der Waals surface area contributed by atoms with Crippen molar-refractivity contribution in [3.05, 3.63) is 5.82 Å². The Kier molecular flexibility index (Phi) is 3.50. The van der Waals surface area contributed by atoms with Crippen molar-refractivity contribution in [2.45, 2.75) is 12.5 Å². The lowest BCUT2D eigenvalue weighted by Gasteiger charge is -2.09. The minimum absolute atomic E-state index is 0.130. The van der Waals surface area contributed by atoms with Gasteiger partial charge in [0.05, 0.1) is 0 Å². The predicted octanol–water partition coefficient (Wildman–Crippen LogP) is -1.26. The minimum atomic E-state index is -2.91. The number of H-pyrrole nitrogens is 1. The first kappa shape index (κ1) is 11.3. The smallest absolute Gasteiger partial charge is 0.288 e. The van der Waals surface area contributed by atoms with Gasteiger partial charge in [0.2, 0.25) is 11.8 Å². The standard InChI is InChI=1S/C6H9F2N5O2/c7-3(8)2(14)1-10-5(15)4-11-6(9)13-12-4/h2-3,14H,1H2,(H,10,15)(H3,9,11,12,13). The van der Waals surface area contributed by atoms with Crippen LogP contribution in [0.15, 0.2) is 0 Å². The Bertz CT molecular complexity index is 342. The lowest BCUT2D eigenvalue weighted by Crippen LogP contribution is -2.36. The molecular weight excluding hydrogens is 212 g/mol. The van der Waals surface area contributed by atoms with Crippen molar-refractivity contribution < 1.29 is 18.7 Å². The average molecular weight is 221 g/mol. The normalized spacial score (nSPS) is 12.8. The first-order valence-corrected chi connectivity index (χ1v) is 3.93. The summed E-state index contributed by atoms with van der Waals surface area (Å²) in [5.74, 6) is -1.09. The number of nitrogen functional groups attached to an aromatic ring is 1. The van der Waals surface area contributed by atoms with Crippen molar-refractivity contribution in [1.82, 2.24) is 20.5 Å². The number of amides is 1. The molecule has 1 heterocycles. The van der Waals surface area contributed by atoms with Crippen LogP contribution in [0.5, 0.6) is 0 Å². The van der Waals surface area contributed by atoms with Crippen molar-refractivity contribution in [1.29, 1.82) is 0 Å². The Balaban J connectivity index is 2.43. The fourth-order valence-electron chi connectivity index (χ4n) is 0.746. The van der Waals surface area contributed by atoms with Crippen molar-refractivity contribution in [3.8, 4) is 0 Å². The number of rotatable bonds is 4. The highest BCUT2D eigenvalue weighted by molar-refractivity contribution is 5.90. The van der Waals surface area contributed by atoms with Gasteiger partial charge in [0.15, 0.2) is 0 Å². The Morgan fingerprint density at radius 1 is 1.67 bits per heavy atom. The van der Waals surface area contributed by atoms with Crippen LogP contribution in [0.1, 0.15) is 10.6 Å². The fourth-order valence-corrected chi connectivity index (χ4v) is 0.746. The topological polar surface area (TPSA) is 117 Å². The number of nitrogens with zero attached hydrogens (tertiary/aromatic N) is 2. The molecule has 1 unspecified atom stereocenters. The first-order chi connectivity index (χ1) is 7.00. The van der Waals surface area contributed by atoms with Crippen LogP contribution in [-0.4, -0.2) is 45.3 Å². The maximum absolute atomic E-state index is 11.8. The molecule has 1 rings (SSSR count). The van der Waals surface area contributed by atoms with Gasteiger partial charge in [-0.1, -0.05) is 0 Å². The molecular formula is C6H9F2N5O2. The summed E-state index contributed by atoms with van der Waals surface area (Å²) in [6.07, 6.45) is -4.82. The second-order valence-corrected chi connectivity index (χ2v) is 2.65. The third-order valence-electron chi connectivity index (χ3n) is 1.48. The van der Waals surface area contributed by atoms with E-state index in [1.54, 1.807) is 0 Å². The third kappa shape index (κ3) is 3.13. The van der Waals surface area contributed by atoms with E-state index >= 15 is 0 Å². The van der Waals surface area contributed by atoms with Gasteiger partial charge in [-0.2, -0.15) is 4.98 Å². The molecule has 1 aromatic rings. The maximum Gasteiger partial charge on any atom is 0.288 e. The molecule has 0 aliphatic heterocycles. The van der Waals surface area contributed by atoms with Gasteiger partial charge < -0.3 is 16.2 Å². The summed E-state index contributed by atoms with van der Waals surface area (Å²) in [5, 5.41) is 16.3. The molecule has 5 N–H and O–H groups in total. The van der Waals surface area contributed by atoms with Gasteiger partial charge in [-0.15, -0.1) is 5.10 Å². The van der Waals surface area contributed by atoms with Crippen molar-refractivity contribution in [2.24, 2.45) is 0 Å². The molecule has 0 saturated heterocycles. The zero-order valence-electron chi connectivity index (χ0n) is 7.44. The van der Waals surface area contributed by atoms with Crippen LogP contribution >= 0.6 is 0 Å². The van der Waals surface area contributed by atoms with Crippen LogP contribution < -0.4 is 11.1 Å². The number of carbonyl (C=O) groups is 1. The van der Waals surface area contributed by atoms with Crippen LogP contribution in [-0.2, 0) is 0 Å². The fraction of sp³-hybridized carbons (Fsp3) is 0.500. The van der Waals surface area contributed by atoms with E-state index in [1.807, 2.05) is 5.32 Å². The second-order valence-electron chi connectivity index (χ2n) is 2.65. The quantitative estimate of drug-likeness (QED) is 0.506. The van der Waals surface area contributed by atoms with Gasteiger partial charge in [0.25, 0.3) is 12.3 Å². The van der Waals surface area contributed by atoms with Crippen LogP contribution in [0.25, 0.3) is 0 Å². The summed E-state index contributed by atoms with van der Waals surface area (Å²) in [4.78, 5) is 14.6. The van der Waals surface area contributed by atoms with Gasteiger partial charge in [-0.05, 0) is 0 Å². The van der Waals surface area contributed by atoms with Crippen molar-refractivity contribution >= 4 is 11.9 Å². The van der Waals surface area contributed by atoms with Crippen molar-refractivity contribution in [2.75, 3.05) is 12.3 Å². The van der Waals surface area contributed by atoms with Crippen LogP contribution in [0.2, 0.25) is 0 Å². The van der Waals surface area contributed by atoms with Gasteiger partial charge in [-0.25, -0.2) is 8.78 Å². The predicted molar refractivity (Wildman–Crippen MR) is 45.1 cm³/mol. The van der Waals surface area contributed by atoms with Crippen LogP contribution in [0, 0.1) is 0 Å². The Morgan fingerprint density at radius 2 is 2.33 bits per heavy atom. The molecule has 1 amide bonds. The number of hydrogen-bond donors (Lipinski definition) is 4. The lowest BCUT2D eigenvalue weighted by molar-refractivity contribution is -0.00275. The lowest BCUT2D eigenvalue weighted by atomic mass is 10.3. The molecule has 0 fully saturated rings. The zero-order valence-corrected chi connectivity index (χ0v) is 7.44. The number of hydrogen-bond acceptors (Lipinski definition) is 5. The molecule has 0 aromatic carbocycles. The van der Waals surface area contributed by atoms with Gasteiger partial charge in [-0.3, -0.25) is 9.89 Å². The van der Waals surface area contributed by atoms with E-state index in [-0.39, 0.29) is 11.8 Å². The number of aromatic nitrogens is 3. The Morgan fingerprint density at radius 3 is 2.80 bits per heavy atom. The zero-order chi connectivity index (χ0) is 11.4. The Labute approximate surface area is 82.7 Å². The number of aliphatic hydroxyl groups is 1. The van der Waals surface area contributed by atoms with E-state index in [2.05, 4.69) is 15.2 Å². The summed E-state index contributed by atoms with van der Waals surface area (Å²) < 4.78 is 23.7. The summed E-state index contributed by atoms with van der Waals surface area (Å²) in [6.45, 7) is -0.572. The van der Waals surface area contributed by atoms with Gasteiger partial charge >= 0.3 is 0 Å². The summed E-state index contributed by atoms with van der Waals surface area (Å²) >= 11 is 0. The van der Waals surface area contributed by atoms with E-state index in [1.165, 1.54) is 0 Å². The van der Waals surface area contributed by atoms with Gasteiger partial charge in [0, 0.05) is 6.54 Å². The minimum Gasteiger partial charge on any atom is -0.385 e. The first-order valence-electron chi connectivity index (χ1n) is 3.93. The Hall–Kier alpha value is -1.77. The van der Waals surface area contributed by atoms with Crippen molar-refractivity contribution in [3.63, 3.8) is 0 Å². The molecule has 1 atom stereocenters. The molecule has 9 heteroatoms. The summed E-state index contributed by atoms with van der Waals surface area (Å²) in [6, 6.07) is 0. The maximum atomic E-state index is 11.8. The average Bonchev–Trinajstić information content (AvgIpc) is 2.60. The molecule has 0 spiro atoms. The summed E-state index contributed by atoms with van der Waals surface area (Å²) in [5.41, 5.74) is 5.12. The molecule has 84 valence electrons. The van der Waals surface area contributed by atoms with Gasteiger partial charge in [0.1, 0.15) is 6.10 Å². The highest BCUT2D eigenvalue weighted by Gasteiger charge is 2.18. The number of nitrogens with one attached hydrogen (secondary N) is 2. The van der Waals surface area contributed by atoms with E-state index in [0.717, 1.165) is 0 Å². The molecule has 0 aliphatic rings. The number of alkyl halides is 2. The molecule has 1 aromatic heterocycles.